The first kappa shape index (κ1) is 20.6. The number of carbonyl (C=O) groups excluding carboxylic acids is 1. The van der Waals surface area contributed by atoms with Gasteiger partial charge < -0.3 is 15.0 Å². The number of benzene rings is 2. The van der Waals surface area contributed by atoms with Gasteiger partial charge >= 0.3 is 0 Å². The molecule has 0 bridgehead atoms. The van der Waals surface area contributed by atoms with E-state index in [0.29, 0.717) is 26.2 Å². The van der Waals surface area contributed by atoms with Crippen LogP contribution in [-0.4, -0.2) is 55.5 Å². The molecule has 1 amide bonds. The molecule has 2 aliphatic heterocycles. The van der Waals surface area contributed by atoms with Crippen molar-refractivity contribution in [3.8, 4) is 0 Å². The van der Waals surface area contributed by atoms with Crippen molar-refractivity contribution in [3.05, 3.63) is 64.7 Å². The molecule has 2 N–H and O–H groups in total. The summed E-state index contributed by atoms with van der Waals surface area (Å²) in [5.74, 6) is 0.971. The molecule has 30 heavy (non-hydrogen) atoms. The quantitative estimate of drug-likeness (QED) is 0.766. The van der Waals surface area contributed by atoms with Crippen molar-refractivity contribution in [2.75, 3.05) is 38.7 Å². The molecule has 0 aliphatic carbocycles. The number of aryl methyl sites for hydroxylation is 2. The molecule has 0 saturated carbocycles. The lowest BCUT2D eigenvalue weighted by molar-refractivity contribution is 0.0785. The summed E-state index contributed by atoms with van der Waals surface area (Å²) in [7, 11) is 1.68. The van der Waals surface area contributed by atoms with Crippen molar-refractivity contribution in [2.45, 2.75) is 32.4 Å². The smallest absolute Gasteiger partial charge is 0.253 e. The Kier molecular flexibility index (Phi) is 5.88. The van der Waals surface area contributed by atoms with Gasteiger partial charge in [-0.3, -0.25) is 15.1 Å². The molecule has 0 unspecified atom stereocenters. The van der Waals surface area contributed by atoms with Crippen LogP contribution in [0, 0.1) is 13.8 Å². The van der Waals surface area contributed by atoms with Crippen LogP contribution in [0.25, 0.3) is 0 Å². The van der Waals surface area contributed by atoms with E-state index in [1.54, 1.807) is 7.11 Å². The standard InChI is InChI=1S/C24H30N4O2/c1-17-12-18(2)14-20(13-17)22(29)28-10-8-24(16-28)23(25-9-11-30-3)27-21-7-5-4-6-19(21)15-26-24/h4-7,12-14,26H,8-11,15-16H2,1-3H3,(H,25,27)/t24-/m1/s1. The van der Waals surface area contributed by atoms with Crippen molar-refractivity contribution >= 4 is 17.4 Å². The lowest BCUT2D eigenvalue weighted by Crippen LogP contribution is -2.55. The highest BCUT2D eigenvalue weighted by molar-refractivity contribution is 6.05. The third kappa shape index (κ3) is 4.11. The summed E-state index contributed by atoms with van der Waals surface area (Å²) in [5.41, 5.74) is 4.86. The van der Waals surface area contributed by atoms with Gasteiger partial charge in [0.05, 0.1) is 18.7 Å². The van der Waals surface area contributed by atoms with E-state index in [9.17, 15) is 4.79 Å². The molecule has 1 spiro atoms. The molecule has 2 aromatic carbocycles. The SMILES string of the molecule is COCCN=C1Nc2ccccc2CN[C@@]12CCN(C(=O)c1cc(C)cc(C)c1)C2. The van der Waals surface area contributed by atoms with E-state index in [4.69, 9.17) is 9.73 Å². The Morgan fingerprint density at radius 1 is 1.20 bits per heavy atom. The first-order valence-electron chi connectivity index (χ1n) is 10.5. The summed E-state index contributed by atoms with van der Waals surface area (Å²) in [6.07, 6.45) is 0.816. The van der Waals surface area contributed by atoms with Crippen molar-refractivity contribution in [2.24, 2.45) is 4.99 Å². The van der Waals surface area contributed by atoms with Crippen molar-refractivity contribution in [1.82, 2.24) is 10.2 Å². The van der Waals surface area contributed by atoms with E-state index in [1.807, 2.05) is 43.0 Å². The van der Waals surface area contributed by atoms with Gasteiger partial charge in [0, 0.05) is 38.0 Å². The Labute approximate surface area is 178 Å². The highest BCUT2D eigenvalue weighted by Crippen LogP contribution is 2.30. The number of methoxy groups -OCH3 is 1. The third-order valence-electron chi connectivity index (χ3n) is 5.93. The molecule has 1 saturated heterocycles. The van der Waals surface area contributed by atoms with Gasteiger partial charge in [-0.15, -0.1) is 0 Å². The first-order chi connectivity index (χ1) is 14.5. The fourth-order valence-electron chi connectivity index (χ4n) is 4.43. The second kappa shape index (κ2) is 8.58. The number of amidine groups is 1. The van der Waals surface area contributed by atoms with Gasteiger partial charge in [-0.1, -0.05) is 35.4 Å². The molecular formula is C24H30N4O2. The molecule has 2 aromatic rings. The summed E-state index contributed by atoms with van der Waals surface area (Å²) >= 11 is 0. The lowest BCUT2D eigenvalue weighted by atomic mass is 9.96. The number of anilines is 1. The number of fused-ring (bicyclic) bond motifs is 1. The topological polar surface area (TPSA) is 66.0 Å². The molecule has 0 aromatic heterocycles. The Morgan fingerprint density at radius 2 is 1.97 bits per heavy atom. The predicted molar refractivity (Wildman–Crippen MR) is 120 cm³/mol. The van der Waals surface area contributed by atoms with Crippen molar-refractivity contribution in [1.29, 1.82) is 0 Å². The second-order valence-corrected chi connectivity index (χ2v) is 8.29. The molecular weight excluding hydrogens is 376 g/mol. The zero-order chi connectivity index (χ0) is 21.1. The van der Waals surface area contributed by atoms with Crippen molar-refractivity contribution < 1.29 is 9.53 Å². The molecule has 0 radical (unpaired) electrons. The normalized spacial score (nSPS) is 22.1. The summed E-state index contributed by atoms with van der Waals surface area (Å²) < 4.78 is 5.20. The van der Waals surface area contributed by atoms with Gasteiger partial charge in [0.15, 0.2) is 0 Å². The highest BCUT2D eigenvalue weighted by Gasteiger charge is 2.45. The third-order valence-corrected chi connectivity index (χ3v) is 5.93. The molecule has 2 heterocycles. The Hall–Kier alpha value is -2.70. The minimum atomic E-state index is -0.388. The number of nitrogens with one attached hydrogen (secondary N) is 2. The number of hydrogen-bond donors (Lipinski definition) is 2. The average Bonchev–Trinajstić information content (AvgIpc) is 3.10. The minimum Gasteiger partial charge on any atom is -0.383 e. The lowest BCUT2D eigenvalue weighted by Gasteiger charge is -2.30. The number of aliphatic imine (C=N–C) groups is 1. The molecule has 1 atom stereocenters. The van der Waals surface area contributed by atoms with Crippen LogP contribution in [-0.2, 0) is 11.3 Å². The highest BCUT2D eigenvalue weighted by atomic mass is 16.5. The van der Waals surface area contributed by atoms with Crippen molar-refractivity contribution in [3.63, 3.8) is 0 Å². The van der Waals surface area contributed by atoms with E-state index in [0.717, 1.165) is 41.2 Å². The van der Waals surface area contributed by atoms with Crippen LogP contribution in [0.5, 0.6) is 0 Å². The zero-order valence-electron chi connectivity index (χ0n) is 18.0. The molecule has 4 rings (SSSR count). The largest absolute Gasteiger partial charge is 0.383 e. The summed E-state index contributed by atoms with van der Waals surface area (Å²) in [4.78, 5) is 20.1. The number of likely N-dealkylation sites (tertiary alicyclic amines) is 1. The van der Waals surface area contributed by atoms with Gasteiger partial charge in [-0.2, -0.15) is 0 Å². The molecule has 158 valence electrons. The Bertz CT molecular complexity index is 951. The van der Waals surface area contributed by atoms with E-state index in [-0.39, 0.29) is 11.4 Å². The van der Waals surface area contributed by atoms with Crippen LogP contribution in [0.3, 0.4) is 0 Å². The van der Waals surface area contributed by atoms with Crippen LogP contribution < -0.4 is 10.6 Å². The van der Waals surface area contributed by atoms with Gasteiger partial charge in [0.25, 0.3) is 5.91 Å². The fourth-order valence-corrected chi connectivity index (χ4v) is 4.43. The zero-order valence-corrected chi connectivity index (χ0v) is 18.0. The van der Waals surface area contributed by atoms with E-state index < -0.39 is 0 Å². The average molecular weight is 407 g/mol. The van der Waals surface area contributed by atoms with Gasteiger partial charge in [0.1, 0.15) is 5.84 Å². The van der Waals surface area contributed by atoms with E-state index in [2.05, 4.69) is 28.8 Å². The van der Waals surface area contributed by atoms with Crippen LogP contribution >= 0.6 is 0 Å². The first-order valence-corrected chi connectivity index (χ1v) is 10.5. The van der Waals surface area contributed by atoms with Gasteiger partial charge in [0.2, 0.25) is 0 Å². The number of rotatable bonds is 4. The predicted octanol–water partition coefficient (Wildman–Crippen LogP) is 3.15. The minimum absolute atomic E-state index is 0.0819. The number of para-hydroxylation sites is 1. The Balaban J connectivity index is 1.61. The second-order valence-electron chi connectivity index (χ2n) is 8.29. The molecule has 2 aliphatic rings. The van der Waals surface area contributed by atoms with Crippen LogP contribution in [0.4, 0.5) is 5.69 Å². The number of amides is 1. The molecule has 1 fully saturated rings. The van der Waals surface area contributed by atoms with Crippen LogP contribution in [0.1, 0.15) is 33.5 Å². The van der Waals surface area contributed by atoms with Gasteiger partial charge in [-0.05, 0) is 44.0 Å². The maximum atomic E-state index is 13.3. The van der Waals surface area contributed by atoms with Crippen LogP contribution in [0.15, 0.2) is 47.5 Å². The number of nitrogens with zero attached hydrogens (tertiary/aromatic N) is 2. The number of carbonyl (C=O) groups is 1. The summed E-state index contributed by atoms with van der Waals surface area (Å²) in [6.45, 7) is 7.22. The van der Waals surface area contributed by atoms with Gasteiger partial charge in [-0.25, -0.2) is 0 Å². The maximum absolute atomic E-state index is 13.3. The molecule has 6 heteroatoms. The Morgan fingerprint density at radius 3 is 2.73 bits per heavy atom. The van der Waals surface area contributed by atoms with Crippen LogP contribution in [0.2, 0.25) is 0 Å². The molecule has 6 nitrogen and oxygen atoms in total. The summed E-state index contributed by atoms with van der Waals surface area (Å²) in [6, 6.07) is 14.3. The van der Waals surface area contributed by atoms with E-state index in [1.165, 1.54) is 5.56 Å². The maximum Gasteiger partial charge on any atom is 0.253 e. The number of hydrogen-bond acceptors (Lipinski definition) is 4. The summed E-state index contributed by atoms with van der Waals surface area (Å²) in [5, 5.41) is 7.28. The fraction of sp³-hybridized carbons (Fsp3) is 0.417. The monoisotopic (exact) mass is 406 g/mol. The number of ether oxygens (including phenoxy) is 1. The van der Waals surface area contributed by atoms with E-state index >= 15 is 0 Å².